The maximum absolute atomic E-state index is 4.88. The van der Waals surface area contributed by atoms with Crippen LogP contribution in [0, 0.1) is 5.92 Å². The van der Waals surface area contributed by atoms with E-state index in [-0.39, 0.29) is 0 Å². The van der Waals surface area contributed by atoms with E-state index in [4.69, 9.17) is 12.6 Å². The molecular weight excluding hydrogens is 152 g/mol. The van der Waals surface area contributed by atoms with Crippen LogP contribution in [-0.4, -0.2) is 4.75 Å². The molecule has 2 aliphatic carbocycles. The fraction of sp³-hybridized carbons (Fsp3) is 1.00. The van der Waals surface area contributed by atoms with Crippen LogP contribution in [0.1, 0.15) is 51.4 Å². The van der Waals surface area contributed by atoms with Crippen LogP contribution in [-0.2, 0) is 0 Å². The highest BCUT2D eigenvalue weighted by atomic mass is 32.1. The Morgan fingerprint density at radius 2 is 1.45 bits per heavy atom. The molecular formula is C10H18S. The highest BCUT2D eigenvalue weighted by molar-refractivity contribution is 7.81. The molecule has 0 aromatic rings. The zero-order valence-corrected chi connectivity index (χ0v) is 8.08. The maximum atomic E-state index is 4.88. The predicted molar refractivity (Wildman–Crippen MR) is 52.1 cm³/mol. The molecule has 0 nitrogen and oxygen atoms in total. The van der Waals surface area contributed by atoms with Crippen molar-refractivity contribution in [1.82, 2.24) is 0 Å². The second-order valence-electron chi connectivity index (χ2n) is 4.29. The lowest BCUT2D eigenvalue weighted by Gasteiger charge is -2.29. The Hall–Kier alpha value is 0.350. The summed E-state index contributed by atoms with van der Waals surface area (Å²) in [6, 6.07) is 0. The Morgan fingerprint density at radius 1 is 0.909 bits per heavy atom. The molecule has 0 aromatic carbocycles. The first kappa shape index (κ1) is 7.97. The fourth-order valence-electron chi connectivity index (χ4n) is 2.86. The Morgan fingerprint density at radius 3 is 2.00 bits per heavy atom. The van der Waals surface area contributed by atoms with Gasteiger partial charge in [-0.05, 0) is 31.6 Å². The molecule has 0 unspecified atom stereocenters. The SMILES string of the molecule is SC1(C2CCCC2)CCCC1. The minimum atomic E-state index is 0.469. The summed E-state index contributed by atoms with van der Waals surface area (Å²) in [4.78, 5) is 0. The van der Waals surface area contributed by atoms with Gasteiger partial charge in [-0.15, -0.1) is 0 Å². The summed E-state index contributed by atoms with van der Waals surface area (Å²) in [7, 11) is 0. The van der Waals surface area contributed by atoms with Crippen molar-refractivity contribution in [1.29, 1.82) is 0 Å². The van der Waals surface area contributed by atoms with Crippen LogP contribution in [0.2, 0.25) is 0 Å². The van der Waals surface area contributed by atoms with Crippen molar-refractivity contribution >= 4 is 12.6 Å². The second-order valence-corrected chi connectivity index (χ2v) is 5.18. The Balaban J connectivity index is 2.00. The number of hydrogen-bond acceptors (Lipinski definition) is 1. The number of thiol groups is 1. The smallest absolute Gasteiger partial charge is 0.0158 e. The van der Waals surface area contributed by atoms with Crippen LogP contribution < -0.4 is 0 Å². The van der Waals surface area contributed by atoms with E-state index in [9.17, 15) is 0 Å². The van der Waals surface area contributed by atoms with E-state index in [0.717, 1.165) is 5.92 Å². The summed E-state index contributed by atoms with van der Waals surface area (Å²) in [5, 5.41) is 0. The lowest BCUT2D eigenvalue weighted by Crippen LogP contribution is -2.26. The summed E-state index contributed by atoms with van der Waals surface area (Å²) in [6.07, 6.45) is 11.5. The van der Waals surface area contributed by atoms with Gasteiger partial charge in [0.05, 0.1) is 0 Å². The van der Waals surface area contributed by atoms with Crippen molar-refractivity contribution in [2.24, 2.45) is 5.92 Å². The van der Waals surface area contributed by atoms with Gasteiger partial charge in [0.15, 0.2) is 0 Å². The molecule has 11 heavy (non-hydrogen) atoms. The van der Waals surface area contributed by atoms with Gasteiger partial charge in [0, 0.05) is 4.75 Å². The molecule has 0 saturated heterocycles. The first-order valence-corrected chi connectivity index (χ1v) is 5.48. The molecule has 0 aliphatic heterocycles. The molecule has 1 heteroatoms. The quantitative estimate of drug-likeness (QED) is 0.573. The molecule has 0 aromatic heterocycles. The van der Waals surface area contributed by atoms with Gasteiger partial charge in [-0.1, -0.05) is 25.7 Å². The first-order valence-electron chi connectivity index (χ1n) is 5.04. The normalized spacial score (nSPS) is 31.4. The molecule has 0 N–H and O–H groups in total. The van der Waals surface area contributed by atoms with Gasteiger partial charge >= 0.3 is 0 Å². The van der Waals surface area contributed by atoms with Crippen LogP contribution in [0.5, 0.6) is 0 Å². The molecule has 2 fully saturated rings. The highest BCUT2D eigenvalue weighted by Gasteiger charge is 2.38. The average molecular weight is 170 g/mol. The topological polar surface area (TPSA) is 0 Å². The third kappa shape index (κ3) is 1.44. The van der Waals surface area contributed by atoms with Crippen molar-refractivity contribution in [3.8, 4) is 0 Å². The minimum Gasteiger partial charge on any atom is -0.172 e. The van der Waals surface area contributed by atoms with Gasteiger partial charge in [0.2, 0.25) is 0 Å². The number of hydrogen-bond donors (Lipinski definition) is 1. The van der Waals surface area contributed by atoms with E-state index < -0.39 is 0 Å². The Labute approximate surface area is 75.2 Å². The van der Waals surface area contributed by atoms with Crippen molar-refractivity contribution in [2.45, 2.75) is 56.1 Å². The zero-order valence-electron chi connectivity index (χ0n) is 7.18. The van der Waals surface area contributed by atoms with Gasteiger partial charge in [-0.2, -0.15) is 12.6 Å². The van der Waals surface area contributed by atoms with Crippen LogP contribution in [0.15, 0.2) is 0 Å². The van der Waals surface area contributed by atoms with Crippen molar-refractivity contribution < 1.29 is 0 Å². The summed E-state index contributed by atoms with van der Waals surface area (Å²) < 4.78 is 0.469. The lowest BCUT2D eigenvalue weighted by molar-refractivity contribution is 0.393. The van der Waals surface area contributed by atoms with Gasteiger partial charge in [0.25, 0.3) is 0 Å². The molecule has 2 aliphatic rings. The van der Waals surface area contributed by atoms with Crippen LogP contribution in [0.3, 0.4) is 0 Å². The zero-order chi connectivity index (χ0) is 7.73. The van der Waals surface area contributed by atoms with E-state index in [1.807, 2.05) is 0 Å². The van der Waals surface area contributed by atoms with Crippen LogP contribution >= 0.6 is 12.6 Å². The van der Waals surface area contributed by atoms with Gasteiger partial charge in [-0.3, -0.25) is 0 Å². The predicted octanol–water partition coefficient (Wildman–Crippen LogP) is 3.42. The van der Waals surface area contributed by atoms with Gasteiger partial charge in [-0.25, -0.2) is 0 Å². The Kier molecular flexibility index (Phi) is 2.18. The van der Waals surface area contributed by atoms with E-state index in [1.54, 1.807) is 0 Å². The molecule has 0 bridgehead atoms. The molecule has 0 atom stereocenters. The molecule has 2 saturated carbocycles. The first-order chi connectivity index (χ1) is 5.31. The summed E-state index contributed by atoms with van der Waals surface area (Å²) in [6.45, 7) is 0. The van der Waals surface area contributed by atoms with E-state index >= 15 is 0 Å². The monoisotopic (exact) mass is 170 g/mol. The third-order valence-corrected chi connectivity index (χ3v) is 4.40. The van der Waals surface area contributed by atoms with Crippen LogP contribution in [0.4, 0.5) is 0 Å². The molecule has 0 radical (unpaired) electrons. The van der Waals surface area contributed by atoms with Crippen molar-refractivity contribution in [3.05, 3.63) is 0 Å². The molecule has 2 rings (SSSR count). The minimum absolute atomic E-state index is 0.469. The van der Waals surface area contributed by atoms with E-state index in [0.29, 0.717) is 4.75 Å². The van der Waals surface area contributed by atoms with E-state index in [2.05, 4.69) is 0 Å². The van der Waals surface area contributed by atoms with Gasteiger partial charge in [0.1, 0.15) is 0 Å². The molecule has 0 amide bonds. The summed E-state index contributed by atoms with van der Waals surface area (Å²) in [5.41, 5.74) is 0. The standard InChI is InChI=1S/C10H18S/c11-10(7-3-4-8-10)9-5-1-2-6-9/h9,11H,1-8H2. The van der Waals surface area contributed by atoms with Crippen molar-refractivity contribution in [3.63, 3.8) is 0 Å². The second kappa shape index (κ2) is 3.01. The van der Waals surface area contributed by atoms with Crippen molar-refractivity contribution in [2.75, 3.05) is 0 Å². The highest BCUT2D eigenvalue weighted by Crippen LogP contribution is 2.47. The van der Waals surface area contributed by atoms with E-state index in [1.165, 1.54) is 51.4 Å². The fourth-order valence-corrected chi connectivity index (χ4v) is 3.43. The molecule has 0 spiro atoms. The Bertz CT molecular complexity index is 130. The maximum Gasteiger partial charge on any atom is 0.0158 e. The summed E-state index contributed by atoms with van der Waals surface area (Å²) >= 11 is 4.88. The summed E-state index contributed by atoms with van der Waals surface area (Å²) in [5.74, 6) is 0.966. The number of rotatable bonds is 1. The lowest BCUT2D eigenvalue weighted by atomic mass is 9.88. The molecule has 64 valence electrons. The van der Waals surface area contributed by atoms with Crippen LogP contribution in [0.25, 0.3) is 0 Å². The third-order valence-electron chi connectivity index (χ3n) is 3.58. The molecule has 0 heterocycles. The van der Waals surface area contributed by atoms with Gasteiger partial charge < -0.3 is 0 Å². The largest absolute Gasteiger partial charge is 0.172 e. The average Bonchev–Trinajstić information content (AvgIpc) is 2.55.